The summed E-state index contributed by atoms with van der Waals surface area (Å²) in [5.74, 6) is -0.917. The maximum atomic E-state index is 13.2. The van der Waals surface area contributed by atoms with E-state index in [1.54, 1.807) is 0 Å². The maximum Gasteiger partial charge on any atom is 0.257 e. The average molecular weight is 381 g/mol. The van der Waals surface area contributed by atoms with Crippen molar-refractivity contribution in [3.05, 3.63) is 46.2 Å². The van der Waals surface area contributed by atoms with Crippen LogP contribution in [-0.2, 0) is 23.0 Å². The molecule has 1 fully saturated rings. The van der Waals surface area contributed by atoms with Gasteiger partial charge in [0.1, 0.15) is 5.82 Å². The van der Waals surface area contributed by atoms with Crippen LogP contribution in [0.25, 0.3) is 0 Å². The van der Waals surface area contributed by atoms with E-state index in [0.29, 0.717) is 24.6 Å². The Labute approximate surface area is 148 Å². The third-order valence-corrected chi connectivity index (χ3v) is 7.65. The number of sulfonamides is 1. The van der Waals surface area contributed by atoms with Crippen molar-refractivity contribution >= 4 is 32.4 Å². The Balaban J connectivity index is 1.49. The van der Waals surface area contributed by atoms with E-state index in [1.807, 2.05) is 0 Å². The Morgan fingerprint density at radius 3 is 2.88 bits per heavy atom. The lowest BCUT2D eigenvalue weighted by atomic mass is 10.2. The van der Waals surface area contributed by atoms with Gasteiger partial charge in [-0.1, -0.05) is 6.07 Å². The molecule has 1 aliphatic heterocycles. The van der Waals surface area contributed by atoms with Gasteiger partial charge in [0, 0.05) is 30.0 Å². The van der Waals surface area contributed by atoms with Crippen molar-refractivity contribution in [3.8, 4) is 0 Å². The number of amides is 1. The number of nitrogens with zero attached hydrogens (tertiary/aromatic N) is 2. The molecule has 6 nitrogen and oxygen atoms in total. The number of carbonyl (C=O) groups excluding carboxylic acids is 1. The number of fused-ring (bicyclic) bond motifs is 1. The highest BCUT2D eigenvalue weighted by Crippen LogP contribution is 2.35. The maximum absolute atomic E-state index is 13.2. The number of hydrogen-bond acceptors (Lipinski definition) is 5. The smallest absolute Gasteiger partial charge is 0.257 e. The number of benzene rings is 1. The van der Waals surface area contributed by atoms with Crippen molar-refractivity contribution in [1.29, 1.82) is 0 Å². The van der Waals surface area contributed by atoms with Crippen molar-refractivity contribution < 1.29 is 17.6 Å². The zero-order chi connectivity index (χ0) is 17.6. The van der Waals surface area contributed by atoms with Gasteiger partial charge in [-0.2, -0.15) is 4.31 Å². The first-order chi connectivity index (χ1) is 11.9. The zero-order valence-corrected chi connectivity index (χ0v) is 14.9. The Morgan fingerprint density at radius 2 is 2.16 bits per heavy atom. The first-order valence-electron chi connectivity index (χ1n) is 7.98. The molecule has 0 unspecified atom stereocenters. The van der Waals surface area contributed by atoms with Crippen LogP contribution < -0.4 is 5.32 Å². The van der Waals surface area contributed by atoms with Crippen molar-refractivity contribution in [2.75, 3.05) is 11.9 Å². The largest absolute Gasteiger partial charge is 0.298 e. The van der Waals surface area contributed by atoms with E-state index in [9.17, 15) is 17.6 Å². The predicted octanol–water partition coefficient (Wildman–Crippen LogP) is 2.38. The molecule has 0 radical (unpaired) electrons. The summed E-state index contributed by atoms with van der Waals surface area (Å²) >= 11 is 1.27. The third-order valence-electron chi connectivity index (χ3n) is 4.31. The molecule has 9 heteroatoms. The monoisotopic (exact) mass is 381 g/mol. The molecule has 25 heavy (non-hydrogen) atoms. The van der Waals surface area contributed by atoms with E-state index in [2.05, 4.69) is 10.3 Å². The minimum Gasteiger partial charge on any atom is -0.298 e. The summed E-state index contributed by atoms with van der Waals surface area (Å²) in [4.78, 5) is 17.4. The highest BCUT2D eigenvalue weighted by Gasteiger charge is 2.41. The normalized spacial score (nSPS) is 18.0. The van der Waals surface area contributed by atoms with Crippen LogP contribution in [0.1, 0.15) is 33.8 Å². The third kappa shape index (κ3) is 3.31. The minimum atomic E-state index is -3.21. The van der Waals surface area contributed by atoms with Crippen molar-refractivity contribution in [1.82, 2.24) is 9.29 Å². The van der Waals surface area contributed by atoms with E-state index in [1.165, 1.54) is 33.8 Å². The Kier molecular flexibility index (Phi) is 4.09. The first kappa shape index (κ1) is 16.6. The molecule has 2 aliphatic rings. The molecule has 2 heterocycles. The van der Waals surface area contributed by atoms with Gasteiger partial charge in [-0.25, -0.2) is 17.8 Å². The summed E-state index contributed by atoms with van der Waals surface area (Å²) < 4.78 is 39.5. The van der Waals surface area contributed by atoms with Gasteiger partial charge in [0.25, 0.3) is 5.91 Å². The van der Waals surface area contributed by atoms with E-state index >= 15 is 0 Å². The summed E-state index contributed by atoms with van der Waals surface area (Å²) in [7, 11) is -3.21. The minimum absolute atomic E-state index is 0.214. The Hall–Kier alpha value is -1.84. The standard InChI is InChI=1S/C16H16FN3O3S2/c17-11-3-1-2-10(8-11)15(21)19-16-18-13-6-7-20(9-14(13)24-16)25(22,23)12-4-5-12/h1-3,8,12H,4-7,9H2,(H,18,19,21). The molecule has 1 aliphatic carbocycles. The van der Waals surface area contributed by atoms with Crippen LogP contribution in [-0.4, -0.2) is 35.4 Å². The van der Waals surface area contributed by atoms with Gasteiger partial charge in [-0.15, -0.1) is 11.3 Å². The van der Waals surface area contributed by atoms with Crippen LogP contribution in [0.4, 0.5) is 9.52 Å². The molecule has 1 aromatic carbocycles. The molecule has 1 aromatic heterocycles. The van der Waals surface area contributed by atoms with Gasteiger partial charge in [0.15, 0.2) is 5.13 Å². The zero-order valence-electron chi connectivity index (χ0n) is 13.2. The van der Waals surface area contributed by atoms with E-state index in [-0.39, 0.29) is 10.8 Å². The van der Waals surface area contributed by atoms with Gasteiger partial charge >= 0.3 is 0 Å². The van der Waals surface area contributed by atoms with E-state index in [4.69, 9.17) is 0 Å². The number of rotatable bonds is 4. The fourth-order valence-corrected chi connectivity index (χ4v) is 5.73. The second kappa shape index (κ2) is 6.15. The summed E-state index contributed by atoms with van der Waals surface area (Å²) in [5.41, 5.74) is 1.04. The quantitative estimate of drug-likeness (QED) is 0.882. The summed E-state index contributed by atoms with van der Waals surface area (Å²) in [6, 6.07) is 5.42. The fraction of sp³-hybridized carbons (Fsp3) is 0.375. The van der Waals surface area contributed by atoms with Gasteiger partial charge in [0.05, 0.1) is 10.9 Å². The number of hydrogen-bond donors (Lipinski definition) is 1. The van der Waals surface area contributed by atoms with Crippen LogP contribution in [0.3, 0.4) is 0 Å². The molecule has 0 spiro atoms. The molecule has 132 valence electrons. The molecule has 1 saturated carbocycles. The van der Waals surface area contributed by atoms with Crippen molar-refractivity contribution in [2.45, 2.75) is 31.1 Å². The summed E-state index contributed by atoms with van der Waals surface area (Å²) in [6.07, 6.45) is 2.01. The number of halogens is 1. The number of aromatic nitrogens is 1. The highest BCUT2D eigenvalue weighted by atomic mass is 32.2. The van der Waals surface area contributed by atoms with Crippen LogP contribution in [0.15, 0.2) is 24.3 Å². The van der Waals surface area contributed by atoms with Gasteiger partial charge in [0.2, 0.25) is 10.0 Å². The van der Waals surface area contributed by atoms with Crippen molar-refractivity contribution in [2.24, 2.45) is 0 Å². The fourth-order valence-electron chi connectivity index (χ4n) is 2.82. The number of thiazole rings is 1. The summed E-state index contributed by atoms with van der Waals surface area (Å²) in [6.45, 7) is 0.731. The van der Waals surface area contributed by atoms with Crippen LogP contribution >= 0.6 is 11.3 Å². The van der Waals surface area contributed by atoms with E-state index < -0.39 is 21.7 Å². The van der Waals surface area contributed by atoms with E-state index in [0.717, 1.165) is 29.5 Å². The van der Waals surface area contributed by atoms with Gasteiger partial charge in [-0.05, 0) is 31.0 Å². The second-order valence-corrected chi connectivity index (χ2v) is 9.48. The van der Waals surface area contributed by atoms with Crippen LogP contribution in [0.5, 0.6) is 0 Å². The molecule has 1 amide bonds. The molecular formula is C16H16FN3O3S2. The summed E-state index contributed by atoms with van der Waals surface area (Å²) in [5, 5.41) is 2.84. The topological polar surface area (TPSA) is 79.4 Å². The van der Waals surface area contributed by atoms with Crippen LogP contribution in [0.2, 0.25) is 0 Å². The molecule has 0 bridgehead atoms. The molecule has 2 aromatic rings. The number of anilines is 1. The Bertz CT molecular complexity index is 938. The molecular weight excluding hydrogens is 365 g/mol. The average Bonchev–Trinajstić information content (AvgIpc) is 3.36. The molecule has 0 atom stereocenters. The number of nitrogens with one attached hydrogen (secondary N) is 1. The highest BCUT2D eigenvalue weighted by molar-refractivity contribution is 7.90. The van der Waals surface area contributed by atoms with Crippen molar-refractivity contribution in [3.63, 3.8) is 0 Å². The lowest BCUT2D eigenvalue weighted by Gasteiger charge is -2.25. The number of carbonyl (C=O) groups is 1. The first-order valence-corrected chi connectivity index (χ1v) is 10.3. The van der Waals surface area contributed by atoms with Gasteiger partial charge in [-0.3, -0.25) is 10.1 Å². The predicted molar refractivity (Wildman–Crippen MR) is 92.5 cm³/mol. The lowest BCUT2D eigenvalue weighted by Crippen LogP contribution is -2.37. The van der Waals surface area contributed by atoms with Gasteiger partial charge < -0.3 is 0 Å². The van der Waals surface area contributed by atoms with Crippen LogP contribution in [0, 0.1) is 5.82 Å². The molecule has 1 N–H and O–H groups in total. The lowest BCUT2D eigenvalue weighted by molar-refractivity contribution is 0.102. The second-order valence-electron chi connectivity index (χ2n) is 6.18. The molecule has 0 saturated heterocycles. The SMILES string of the molecule is O=C(Nc1nc2c(s1)CN(S(=O)(=O)C1CC1)CC2)c1cccc(F)c1. The Morgan fingerprint density at radius 1 is 1.36 bits per heavy atom. The molecule has 4 rings (SSSR count).